The van der Waals surface area contributed by atoms with Gasteiger partial charge in [-0.05, 0) is 44.9 Å². The van der Waals surface area contributed by atoms with Crippen molar-refractivity contribution < 1.29 is 9.59 Å². The van der Waals surface area contributed by atoms with Gasteiger partial charge >= 0.3 is 0 Å². The number of rotatable bonds is 8. The summed E-state index contributed by atoms with van der Waals surface area (Å²) >= 11 is 12.6. The highest BCUT2D eigenvalue weighted by atomic mass is 35.5. The SMILES string of the molecule is CC(C)NC(=O)[C@H](C)N(Cc1c(Cl)cccc1Cl)C(=O)CCc1ccccc1. The maximum atomic E-state index is 13.0. The third kappa shape index (κ3) is 6.25. The quantitative estimate of drug-likeness (QED) is 0.661. The lowest BCUT2D eigenvalue weighted by Gasteiger charge is -2.30. The second-order valence-electron chi connectivity index (χ2n) is 7.05. The first-order chi connectivity index (χ1) is 13.3. The van der Waals surface area contributed by atoms with Crippen molar-refractivity contribution in [3.63, 3.8) is 0 Å². The monoisotopic (exact) mass is 420 g/mol. The van der Waals surface area contributed by atoms with Gasteiger partial charge in [-0.25, -0.2) is 0 Å². The molecular formula is C22H26Cl2N2O2. The maximum absolute atomic E-state index is 13.0. The molecule has 0 unspecified atom stereocenters. The zero-order valence-electron chi connectivity index (χ0n) is 16.4. The van der Waals surface area contributed by atoms with Gasteiger partial charge in [0.1, 0.15) is 6.04 Å². The Labute approximate surface area is 176 Å². The summed E-state index contributed by atoms with van der Waals surface area (Å²) in [5.74, 6) is -0.322. The molecule has 0 bridgehead atoms. The van der Waals surface area contributed by atoms with E-state index < -0.39 is 6.04 Å². The molecule has 0 aliphatic carbocycles. The lowest BCUT2D eigenvalue weighted by Crippen LogP contribution is -2.49. The van der Waals surface area contributed by atoms with Gasteiger partial charge in [0.15, 0.2) is 0 Å². The van der Waals surface area contributed by atoms with E-state index in [-0.39, 0.29) is 24.4 Å². The third-order valence-corrected chi connectivity index (χ3v) is 5.17. The lowest BCUT2D eigenvalue weighted by atomic mass is 10.1. The van der Waals surface area contributed by atoms with Crippen LogP contribution in [-0.2, 0) is 22.6 Å². The Morgan fingerprint density at radius 1 is 0.964 bits per heavy atom. The molecule has 2 amide bonds. The number of hydrogen-bond donors (Lipinski definition) is 1. The summed E-state index contributed by atoms with van der Waals surface area (Å²) in [6.07, 6.45) is 0.899. The van der Waals surface area contributed by atoms with Gasteiger partial charge in [0.25, 0.3) is 0 Å². The van der Waals surface area contributed by atoms with E-state index in [4.69, 9.17) is 23.2 Å². The molecule has 1 atom stereocenters. The van der Waals surface area contributed by atoms with Gasteiger partial charge in [-0.15, -0.1) is 0 Å². The average molecular weight is 421 g/mol. The predicted molar refractivity (Wildman–Crippen MR) is 115 cm³/mol. The summed E-state index contributed by atoms with van der Waals surface area (Å²) in [6, 6.07) is 14.4. The van der Waals surface area contributed by atoms with E-state index in [9.17, 15) is 9.59 Å². The molecule has 1 N–H and O–H groups in total. The van der Waals surface area contributed by atoms with Crippen molar-refractivity contribution in [3.05, 3.63) is 69.7 Å². The molecule has 6 heteroatoms. The van der Waals surface area contributed by atoms with Gasteiger partial charge in [-0.1, -0.05) is 59.6 Å². The molecule has 0 aliphatic rings. The molecule has 2 rings (SSSR count). The topological polar surface area (TPSA) is 49.4 Å². The Hall–Kier alpha value is -2.04. The second-order valence-corrected chi connectivity index (χ2v) is 7.86. The summed E-state index contributed by atoms with van der Waals surface area (Å²) in [4.78, 5) is 27.1. The molecule has 0 spiro atoms. The van der Waals surface area contributed by atoms with E-state index in [1.165, 1.54) is 0 Å². The standard InChI is InChI=1S/C22H26Cl2N2O2/c1-15(2)25-22(28)16(3)26(14-18-19(23)10-7-11-20(18)24)21(27)13-12-17-8-5-4-6-9-17/h4-11,15-16H,12-14H2,1-3H3,(H,25,28)/t16-/m0/s1. The van der Waals surface area contributed by atoms with E-state index in [2.05, 4.69) is 5.32 Å². The van der Waals surface area contributed by atoms with E-state index in [1.54, 1.807) is 30.0 Å². The molecule has 0 saturated heterocycles. The van der Waals surface area contributed by atoms with Crippen LogP contribution in [0, 0.1) is 0 Å². The van der Waals surface area contributed by atoms with Crippen molar-refractivity contribution in [2.75, 3.05) is 0 Å². The van der Waals surface area contributed by atoms with Crippen LogP contribution in [0.25, 0.3) is 0 Å². The molecule has 2 aromatic rings. The number of carbonyl (C=O) groups excluding carboxylic acids is 2. The van der Waals surface area contributed by atoms with Crippen LogP contribution in [0.5, 0.6) is 0 Å². The summed E-state index contributed by atoms with van der Waals surface area (Å²) in [5.41, 5.74) is 1.72. The van der Waals surface area contributed by atoms with Gasteiger partial charge in [0.2, 0.25) is 11.8 Å². The van der Waals surface area contributed by atoms with Crippen LogP contribution in [-0.4, -0.2) is 28.8 Å². The van der Waals surface area contributed by atoms with Crippen molar-refractivity contribution in [1.29, 1.82) is 0 Å². The summed E-state index contributed by atoms with van der Waals surface area (Å²) in [5, 5.41) is 3.82. The van der Waals surface area contributed by atoms with Crippen molar-refractivity contribution in [2.24, 2.45) is 0 Å². The molecular weight excluding hydrogens is 395 g/mol. The van der Waals surface area contributed by atoms with E-state index in [1.807, 2.05) is 44.2 Å². The fourth-order valence-corrected chi connectivity index (χ4v) is 3.40. The molecule has 0 aromatic heterocycles. The Morgan fingerprint density at radius 2 is 1.57 bits per heavy atom. The molecule has 2 aromatic carbocycles. The zero-order chi connectivity index (χ0) is 20.7. The smallest absolute Gasteiger partial charge is 0.242 e. The fourth-order valence-electron chi connectivity index (χ4n) is 2.88. The summed E-state index contributed by atoms with van der Waals surface area (Å²) < 4.78 is 0. The number of amides is 2. The molecule has 0 saturated carbocycles. The number of nitrogens with one attached hydrogen (secondary N) is 1. The maximum Gasteiger partial charge on any atom is 0.242 e. The third-order valence-electron chi connectivity index (χ3n) is 4.46. The first kappa shape index (κ1) is 22.3. The first-order valence-corrected chi connectivity index (χ1v) is 10.1. The van der Waals surface area contributed by atoms with E-state index >= 15 is 0 Å². The minimum atomic E-state index is -0.641. The van der Waals surface area contributed by atoms with Crippen LogP contribution in [0.4, 0.5) is 0 Å². The normalized spacial score (nSPS) is 11.9. The number of halogens is 2. The molecule has 0 heterocycles. The lowest BCUT2D eigenvalue weighted by molar-refractivity contribution is -0.140. The van der Waals surface area contributed by atoms with Crippen molar-refractivity contribution in [2.45, 2.75) is 52.2 Å². The number of benzene rings is 2. The first-order valence-electron chi connectivity index (χ1n) is 9.36. The number of aryl methyl sites for hydroxylation is 1. The number of hydrogen-bond acceptors (Lipinski definition) is 2. The van der Waals surface area contributed by atoms with Crippen molar-refractivity contribution in [1.82, 2.24) is 10.2 Å². The molecule has 4 nitrogen and oxygen atoms in total. The predicted octanol–water partition coefficient (Wildman–Crippen LogP) is 4.87. The van der Waals surface area contributed by atoms with Crippen LogP contribution in [0.2, 0.25) is 10.0 Å². The molecule has 0 fully saturated rings. The van der Waals surface area contributed by atoms with Crippen molar-refractivity contribution in [3.8, 4) is 0 Å². The largest absolute Gasteiger partial charge is 0.352 e. The minimum Gasteiger partial charge on any atom is -0.352 e. The minimum absolute atomic E-state index is 0.0138. The van der Waals surface area contributed by atoms with E-state index in [0.717, 1.165) is 5.56 Å². The fraction of sp³-hybridized carbons (Fsp3) is 0.364. The van der Waals surface area contributed by atoms with Gasteiger partial charge in [0, 0.05) is 34.6 Å². The highest BCUT2D eigenvalue weighted by Gasteiger charge is 2.27. The zero-order valence-corrected chi connectivity index (χ0v) is 17.9. The van der Waals surface area contributed by atoms with Crippen LogP contribution < -0.4 is 5.32 Å². The highest BCUT2D eigenvalue weighted by molar-refractivity contribution is 6.36. The Bertz CT molecular complexity index is 789. The molecule has 0 radical (unpaired) electrons. The van der Waals surface area contributed by atoms with Crippen LogP contribution >= 0.6 is 23.2 Å². The van der Waals surface area contributed by atoms with Crippen molar-refractivity contribution >= 4 is 35.0 Å². The van der Waals surface area contributed by atoms with Gasteiger partial charge in [0.05, 0.1) is 0 Å². The van der Waals surface area contributed by atoms with Gasteiger partial charge < -0.3 is 10.2 Å². The Morgan fingerprint density at radius 3 is 2.14 bits per heavy atom. The second kappa shape index (κ2) is 10.5. The summed E-state index contributed by atoms with van der Waals surface area (Å²) in [7, 11) is 0. The summed E-state index contributed by atoms with van der Waals surface area (Å²) in [6.45, 7) is 5.68. The van der Waals surface area contributed by atoms with Crippen LogP contribution in [0.15, 0.2) is 48.5 Å². The Balaban J connectivity index is 2.21. The van der Waals surface area contributed by atoms with Crippen LogP contribution in [0.3, 0.4) is 0 Å². The molecule has 0 aliphatic heterocycles. The number of nitrogens with zero attached hydrogens (tertiary/aromatic N) is 1. The number of carbonyl (C=O) groups is 2. The molecule has 28 heavy (non-hydrogen) atoms. The van der Waals surface area contributed by atoms with Gasteiger partial charge in [-0.2, -0.15) is 0 Å². The van der Waals surface area contributed by atoms with Crippen LogP contribution in [0.1, 0.15) is 38.3 Å². The average Bonchev–Trinajstić information content (AvgIpc) is 2.65. The van der Waals surface area contributed by atoms with E-state index in [0.29, 0.717) is 28.5 Å². The van der Waals surface area contributed by atoms with Gasteiger partial charge in [-0.3, -0.25) is 9.59 Å². The Kier molecular flexibility index (Phi) is 8.34. The molecule has 150 valence electrons. The highest BCUT2D eigenvalue weighted by Crippen LogP contribution is 2.27.